The Hall–Kier alpha value is 0.0895. The summed E-state index contributed by atoms with van der Waals surface area (Å²) in [5.74, 6) is 0. The van der Waals surface area contributed by atoms with Crippen LogP contribution in [0.5, 0.6) is 0 Å². The molecule has 0 heterocycles. The first-order chi connectivity index (χ1) is 3.00. The van der Waals surface area contributed by atoms with Crippen LogP contribution in [0.2, 0.25) is 0 Å². The van der Waals surface area contributed by atoms with Crippen molar-refractivity contribution in [2.75, 3.05) is 0 Å². The monoisotopic (exact) mass is 194 g/mol. The Kier molecular flexibility index (Phi) is 9.72. The fourth-order valence-electron chi connectivity index (χ4n) is 0.385. The van der Waals surface area contributed by atoms with Crippen molar-refractivity contribution in [3.05, 3.63) is 36.4 Å². The Bertz CT molecular complexity index is 80.5. The molecule has 0 aliphatic carbocycles. The maximum Gasteiger partial charge on any atom is -0.0623 e. The Balaban J connectivity index is 0. The molecule has 0 atom stereocenters. The minimum absolute atomic E-state index is 0. The maximum atomic E-state index is 2.00. The summed E-state index contributed by atoms with van der Waals surface area (Å²) >= 11 is 0. The van der Waals surface area contributed by atoms with E-state index in [-0.39, 0.29) is 30.6 Å². The zero-order chi connectivity index (χ0) is 4.24. The predicted molar refractivity (Wildman–Crippen MR) is 45.4 cm³/mol. The first kappa shape index (κ1) is 11.0. The Morgan fingerprint density at radius 1 is 0.500 bits per heavy atom. The van der Waals surface area contributed by atoms with Crippen molar-refractivity contribution in [2.24, 2.45) is 0 Å². The van der Waals surface area contributed by atoms with Gasteiger partial charge in [-0.1, -0.05) is 36.4 Å². The third-order valence-electron chi connectivity index (χ3n) is 0.667. The van der Waals surface area contributed by atoms with Crippen molar-refractivity contribution in [1.82, 2.24) is 0 Å². The van der Waals surface area contributed by atoms with Gasteiger partial charge in [-0.15, -0.1) is 0 Å². The molecule has 1 aromatic rings. The van der Waals surface area contributed by atoms with Crippen molar-refractivity contribution in [1.29, 1.82) is 0 Å². The molecule has 0 fully saturated rings. The molecule has 1 aromatic carbocycles. The molecule has 0 saturated carbocycles. The van der Waals surface area contributed by atoms with Gasteiger partial charge in [0.05, 0.1) is 0 Å². The summed E-state index contributed by atoms with van der Waals surface area (Å²) in [7, 11) is 0. The van der Waals surface area contributed by atoms with Gasteiger partial charge in [0, 0.05) is 0 Å². The van der Waals surface area contributed by atoms with E-state index in [1.165, 1.54) is 0 Å². The van der Waals surface area contributed by atoms with E-state index in [0.29, 0.717) is 0 Å². The van der Waals surface area contributed by atoms with Gasteiger partial charge in [-0.25, -0.2) is 0 Å². The summed E-state index contributed by atoms with van der Waals surface area (Å²) in [4.78, 5) is 0. The minimum Gasteiger partial charge on any atom is -0.0623 e. The van der Waals surface area contributed by atoms with Crippen LogP contribution >= 0.6 is 13.5 Å². The smallest absolute Gasteiger partial charge is 0.0623 e. The van der Waals surface area contributed by atoms with Crippen molar-refractivity contribution in [3.63, 3.8) is 0 Å². The molecule has 0 N–H and O–H groups in total. The van der Waals surface area contributed by atoms with Gasteiger partial charge in [-0.2, -0.15) is 13.5 Å². The zero-order valence-corrected chi connectivity index (χ0v) is 7.56. The van der Waals surface area contributed by atoms with E-state index in [0.717, 1.165) is 0 Å². The molecule has 0 aliphatic rings. The summed E-state index contributed by atoms with van der Waals surface area (Å²) < 4.78 is 0. The van der Waals surface area contributed by atoms with Crippen LogP contribution in [0.4, 0.5) is 0 Å². The quantitative estimate of drug-likeness (QED) is 0.537. The van der Waals surface area contributed by atoms with Crippen LogP contribution < -0.4 is 0 Å². The van der Waals surface area contributed by atoms with E-state index in [9.17, 15) is 0 Å². The van der Waals surface area contributed by atoms with Crippen LogP contribution in [-0.4, -0.2) is 17.1 Å². The summed E-state index contributed by atoms with van der Waals surface area (Å²) in [6, 6.07) is 12.0. The summed E-state index contributed by atoms with van der Waals surface area (Å²) in [6.45, 7) is 0. The van der Waals surface area contributed by atoms with Crippen molar-refractivity contribution >= 4 is 30.6 Å². The fraction of sp³-hybridized carbons (Fsp3) is 0. The molecule has 2 heteroatoms. The third-order valence-corrected chi connectivity index (χ3v) is 0.667. The first-order valence-electron chi connectivity index (χ1n) is 2.00. The molecule has 46 valence electrons. The first-order valence-corrected chi connectivity index (χ1v) is 2.00. The topological polar surface area (TPSA) is 0 Å². The Morgan fingerprint density at radius 3 is 0.750 bits per heavy atom. The van der Waals surface area contributed by atoms with Crippen LogP contribution in [0.15, 0.2) is 36.4 Å². The molecular weight excluding hydrogens is 183 g/mol. The molecule has 0 nitrogen and oxygen atoms in total. The predicted octanol–water partition coefficient (Wildman–Crippen LogP) is 0.883. The molecule has 0 saturated heterocycles. The summed E-state index contributed by atoms with van der Waals surface area (Å²) in [5, 5.41) is 0. The van der Waals surface area contributed by atoms with Gasteiger partial charge < -0.3 is 0 Å². The molecule has 0 bridgehead atoms. The molecule has 0 amide bonds. The van der Waals surface area contributed by atoms with Gasteiger partial charge in [0.25, 0.3) is 0 Å². The molecular formula is C6H10SSe. The van der Waals surface area contributed by atoms with Gasteiger partial charge in [0.15, 0.2) is 0 Å². The van der Waals surface area contributed by atoms with Gasteiger partial charge in [-0.05, 0) is 0 Å². The van der Waals surface area contributed by atoms with Gasteiger partial charge >= 0.3 is 17.1 Å². The molecule has 0 radical (unpaired) electrons. The van der Waals surface area contributed by atoms with E-state index in [1.54, 1.807) is 0 Å². The second-order valence-corrected chi connectivity index (χ2v) is 1.15. The normalized spacial score (nSPS) is 6.00. The van der Waals surface area contributed by atoms with Crippen LogP contribution in [0.1, 0.15) is 0 Å². The van der Waals surface area contributed by atoms with E-state index < -0.39 is 0 Å². The standard InChI is InChI=1S/C6H6.H2S.H2Se/c1-2-4-6-5-3-1;;/h1-6H;2*1H2. The van der Waals surface area contributed by atoms with Gasteiger partial charge in [0.2, 0.25) is 0 Å². The van der Waals surface area contributed by atoms with Crippen LogP contribution in [-0.2, 0) is 0 Å². The van der Waals surface area contributed by atoms with E-state index >= 15 is 0 Å². The molecule has 0 unspecified atom stereocenters. The summed E-state index contributed by atoms with van der Waals surface area (Å²) in [6.07, 6.45) is 0. The number of hydrogen-bond donors (Lipinski definition) is 0. The van der Waals surface area contributed by atoms with Gasteiger partial charge in [-0.3, -0.25) is 0 Å². The SMILES string of the molecule is S.[SeH2].c1ccccc1. The molecule has 0 spiro atoms. The van der Waals surface area contributed by atoms with Crippen LogP contribution in [0.25, 0.3) is 0 Å². The number of rotatable bonds is 0. The maximum absolute atomic E-state index is 2.00. The second-order valence-electron chi connectivity index (χ2n) is 1.15. The third kappa shape index (κ3) is 4.25. The van der Waals surface area contributed by atoms with E-state index in [4.69, 9.17) is 0 Å². The van der Waals surface area contributed by atoms with Crippen LogP contribution in [0.3, 0.4) is 0 Å². The minimum atomic E-state index is 0. The molecule has 0 aliphatic heterocycles. The fourth-order valence-corrected chi connectivity index (χ4v) is 0.385. The largest absolute Gasteiger partial charge is 0.0623 e. The average Bonchev–Trinajstić information content (AvgIpc) is 1.72. The average molecular weight is 193 g/mol. The second kappa shape index (κ2) is 7.09. The van der Waals surface area contributed by atoms with Crippen molar-refractivity contribution in [2.45, 2.75) is 0 Å². The molecule has 1 rings (SSSR count). The zero-order valence-electron chi connectivity index (χ0n) is 4.46. The van der Waals surface area contributed by atoms with E-state index in [1.807, 2.05) is 36.4 Å². The van der Waals surface area contributed by atoms with Crippen molar-refractivity contribution < 1.29 is 0 Å². The number of hydrogen-bond acceptors (Lipinski definition) is 0. The molecule has 8 heavy (non-hydrogen) atoms. The van der Waals surface area contributed by atoms with Crippen LogP contribution in [0, 0.1) is 0 Å². The number of benzene rings is 1. The Labute approximate surface area is 67.2 Å². The van der Waals surface area contributed by atoms with Crippen molar-refractivity contribution in [3.8, 4) is 0 Å². The molecule has 0 aromatic heterocycles. The Morgan fingerprint density at radius 2 is 0.625 bits per heavy atom. The van der Waals surface area contributed by atoms with E-state index in [2.05, 4.69) is 0 Å². The summed E-state index contributed by atoms with van der Waals surface area (Å²) in [5.41, 5.74) is 0. The van der Waals surface area contributed by atoms with Gasteiger partial charge in [0.1, 0.15) is 0 Å².